The number of hydrogen-bond acceptors (Lipinski definition) is 0. The van der Waals surface area contributed by atoms with Gasteiger partial charge in [0, 0.05) is 0 Å². The van der Waals surface area contributed by atoms with E-state index in [2.05, 4.69) is 13.8 Å². The van der Waals surface area contributed by atoms with Gasteiger partial charge in [-0.05, 0) is 36.5 Å². The molecule has 2 saturated carbocycles. The highest BCUT2D eigenvalue weighted by Gasteiger charge is 2.44. The van der Waals surface area contributed by atoms with Crippen LogP contribution >= 0.6 is 0 Å². The molecule has 52 valence electrons. The van der Waals surface area contributed by atoms with E-state index in [4.69, 9.17) is 0 Å². The molecule has 0 amide bonds. The summed E-state index contributed by atoms with van der Waals surface area (Å²) in [5.41, 5.74) is 0.711. The van der Waals surface area contributed by atoms with Crippen molar-refractivity contribution in [1.82, 2.24) is 0 Å². The van der Waals surface area contributed by atoms with Crippen LogP contribution in [0.5, 0.6) is 0 Å². The van der Waals surface area contributed by atoms with E-state index < -0.39 is 0 Å². The van der Waals surface area contributed by atoms with Crippen molar-refractivity contribution in [3.63, 3.8) is 0 Å². The highest BCUT2D eigenvalue weighted by atomic mass is 14.5. The van der Waals surface area contributed by atoms with Crippen LogP contribution in [-0.2, 0) is 0 Å². The fourth-order valence-electron chi connectivity index (χ4n) is 2.88. The number of fused-ring (bicyclic) bond motifs is 2. The van der Waals surface area contributed by atoms with Crippen LogP contribution in [0.4, 0.5) is 0 Å². The molecule has 0 saturated heterocycles. The highest BCUT2D eigenvalue weighted by Crippen LogP contribution is 2.55. The van der Waals surface area contributed by atoms with Crippen LogP contribution in [0.3, 0.4) is 0 Å². The number of rotatable bonds is 0. The molecular weight excluding hydrogens is 108 g/mol. The lowest BCUT2D eigenvalue weighted by atomic mass is 9.77. The van der Waals surface area contributed by atoms with E-state index in [9.17, 15) is 0 Å². The molecule has 0 aliphatic heterocycles. The zero-order chi connectivity index (χ0) is 6.48. The minimum Gasteiger partial charge on any atom is -0.0596 e. The van der Waals surface area contributed by atoms with E-state index in [-0.39, 0.29) is 0 Å². The highest BCUT2D eigenvalue weighted by molar-refractivity contribution is 4.95. The van der Waals surface area contributed by atoms with Gasteiger partial charge in [-0.15, -0.1) is 0 Å². The average Bonchev–Trinajstić information content (AvgIpc) is 2.19. The molecule has 0 spiro atoms. The Kier molecular flexibility index (Phi) is 0.980. The second-order valence-electron chi connectivity index (χ2n) is 4.57. The summed E-state index contributed by atoms with van der Waals surface area (Å²) >= 11 is 0. The molecule has 2 bridgehead atoms. The minimum atomic E-state index is 0.711. The van der Waals surface area contributed by atoms with Gasteiger partial charge in [0.15, 0.2) is 0 Å². The smallest absolute Gasteiger partial charge is 0.0323 e. The number of hydrogen-bond donors (Lipinski definition) is 0. The molecule has 0 heteroatoms. The van der Waals surface area contributed by atoms with E-state index in [1.165, 1.54) is 19.3 Å². The van der Waals surface area contributed by atoms with Crippen LogP contribution in [0.1, 0.15) is 39.5 Å². The first-order chi connectivity index (χ1) is 4.18. The van der Waals surface area contributed by atoms with Gasteiger partial charge < -0.3 is 0 Å². The third-order valence-corrected chi connectivity index (χ3v) is 3.46. The van der Waals surface area contributed by atoms with E-state index in [0.29, 0.717) is 5.41 Å². The molecule has 0 aromatic carbocycles. The second-order valence-corrected chi connectivity index (χ2v) is 4.57. The summed E-state index contributed by atoms with van der Waals surface area (Å²) in [6, 6.07) is 0. The van der Waals surface area contributed by atoms with Gasteiger partial charge in [-0.3, -0.25) is 0 Å². The van der Waals surface area contributed by atoms with Crippen LogP contribution in [0.15, 0.2) is 0 Å². The molecule has 2 aliphatic rings. The molecule has 2 rings (SSSR count). The van der Waals surface area contributed by atoms with Gasteiger partial charge in [-0.2, -0.15) is 0 Å². The van der Waals surface area contributed by atoms with E-state index in [0.717, 1.165) is 11.8 Å². The summed E-state index contributed by atoms with van der Waals surface area (Å²) in [6.07, 6.45) is 6.12. The van der Waals surface area contributed by atoms with Crippen LogP contribution in [0.25, 0.3) is 0 Å². The van der Waals surface area contributed by atoms with Crippen LogP contribution in [0.2, 0.25) is 0 Å². The maximum absolute atomic E-state index is 2.44. The molecule has 0 aromatic heterocycles. The molecular formula is C9H16. The first-order valence-corrected chi connectivity index (χ1v) is 4.18. The zero-order valence-corrected chi connectivity index (χ0v) is 6.48. The lowest BCUT2D eigenvalue weighted by Gasteiger charge is -2.29. The van der Waals surface area contributed by atoms with E-state index in [1.54, 1.807) is 6.42 Å². The molecule has 2 fully saturated rings. The van der Waals surface area contributed by atoms with Crippen molar-refractivity contribution in [3.05, 3.63) is 0 Å². The van der Waals surface area contributed by atoms with Crippen LogP contribution in [-0.4, -0.2) is 0 Å². The summed E-state index contributed by atoms with van der Waals surface area (Å²) in [7, 11) is 0. The molecule has 0 heterocycles. The molecule has 2 aliphatic carbocycles. The van der Waals surface area contributed by atoms with Crippen molar-refractivity contribution in [2.45, 2.75) is 39.5 Å². The Hall–Kier alpha value is 0. The van der Waals surface area contributed by atoms with Gasteiger partial charge in [-0.1, -0.05) is 20.3 Å². The SMILES string of the molecule is CC1(C)CC2CCC1C2. The molecule has 2 unspecified atom stereocenters. The third-order valence-electron chi connectivity index (χ3n) is 3.46. The van der Waals surface area contributed by atoms with Crippen molar-refractivity contribution >= 4 is 0 Å². The third kappa shape index (κ3) is 0.720. The summed E-state index contributed by atoms with van der Waals surface area (Å²) < 4.78 is 0. The normalized spacial score (nSPS) is 46.0. The van der Waals surface area contributed by atoms with Gasteiger partial charge in [0.2, 0.25) is 0 Å². The average molecular weight is 124 g/mol. The van der Waals surface area contributed by atoms with Crippen LogP contribution < -0.4 is 0 Å². The Balaban J connectivity index is 2.18. The second kappa shape index (κ2) is 1.53. The summed E-state index contributed by atoms with van der Waals surface area (Å²) in [6.45, 7) is 4.88. The molecule has 0 aromatic rings. The van der Waals surface area contributed by atoms with E-state index in [1.807, 2.05) is 0 Å². The lowest BCUT2D eigenvalue weighted by Crippen LogP contribution is -2.19. The first-order valence-electron chi connectivity index (χ1n) is 4.18. The minimum absolute atomic E-state index is 0.711. The van der Waals surface area contributed by atoms with Gasteiger partial charge in [0.05, 0.1) is 0 Å². The molecule has 0 nitrogen and oxygen atoms in total. The lowest BCUT2D eigenvalue weighted by molar-refractivity contribution is 0.217. The van der Waals surface area contributed by atoms with Crippen molar-refractivity contribution in [1.29, 1.82) is 0 Å². The van der Waals surface area contributed by atoms with Crippen molar-refractivity contribution < 1.29 is 0 Å². The largest absolute Gasteiger partial charge is 0.0596 e. The summed E-state index contributed by atoms with van der Waals surface area (Å²) in [4.78, 5) is 0. The predicted octanol–water partition coefficient (Wildman–Crippen LogP) is 2.83. The Bertz CT molecular complexity index is 124. The maximum Gasteiger partial charge on any atom is -0.0323 e. The van der Waals surface area contributed by atoms with Gasteiger partial charge in [-0.25, -0.2) is 0 Å². The quantitative estimate of drug-likeness (QED) is 0.466. The standard InChI is InChI=1S/C9H16/c1-9(2)6-7-3-4-8(9)5-7/h7-8H,3-6H2,1-2H3. The summed E-state index contributed by atoms with van der Waals surface area (Å²) in [5.74, 6) is 2.20. The van der Waals surface area contributed by atoms with Crippen molar-refractivity contribution in [2.24, 2.45) is 17.3 Å². The Labute approximate surface area is 57.6 Å². The van der Waals surface area contributed by atoms with Crippen LogP contribution in [0, 0.1) is 17.3 Å². The van der Waals surface area contributed by atoms with Gasteiger partial charge >= 0.3 is 0 Å². The zero-order valence-electron chi connectivity index (χ0n) is 6.48. The molecule has 0 N–H and O–H groups in total. The van der Waals surface area contributed by atoms with Gasteiger partial charge in [0.25, 0.3) is 0 Å². The van der Waals surface area contributed by atoms with Crippen molar-refractivity contribution in [3.8, 4) is 0 Å². The Morgan fingerprint density at radius 2 is 2.00 bits per heavy atom. The molecule has 9 heavy (non-hydrogen) atoms. The van der Waals surface area contributed by atoms with Crippen molar-refractivity contribution in [2.75, 3.05) is 0 Å². The first kappa shape index (κ1) is 5.76. The van der Waals surface area contributed by atoms with E-state index >= 15 is 0 Å². The fraction of sp³-hybridized carbons (Fsp3) is 1.00. The fourth-order valence-corrected chi connectivity index (χ4v) is 2.88. The Morgan fingerprint density at radius 1 is 1.22 bits per heavy atom. The Morgan fingerprint density at radius 3 is 2.22 bits per heavy atom. The predicted molar refractivity (Wildman–Crippen MR) is 39.2 cm³/mol. The maximum atomic E-state index is 2.44. The summed E-state index contributed by atoms with van der Waals surface area (Å²) in [5, 5.41) is 0. The van der Waals surface area contributed by atoms with Gasteiger partial charge in [0.1, 0.15) is 0 Å². The molecule has 2 atom stereocenters. The molecule has 0 radical (unpaired) electrons. The topological polar surface area (TPSA) is 0 Å². The monoisotopic (exact) mass is 124 g/mol.